The monoisotopic (exact) mass is 423 g/mol. The summed E-state index contributed by atoms with van der Waals surface area (Å²) in [4.78, 5) is 4.66. The lowest BCUT2D eigenvalue weighted by Crippen LogP contribution is -2.19. The zero-order valence-electron chi connectivity index (χ0n) is 17.9. The SMILES string of the molecule is CN=C(c1ccccc1)c1cccc(C)c1Pc1ccccc1OCc1ccccc1. The fourth-order valence-electron chi connectivity index (χ4n) is 3.60. The minimum absolute atomic E-state index is 0.476. The molecule has 0 bridgehead atoms. The van der Waals surface area contributed by atoms with Crippen LogP contribution in [-0.4, -0.2) is 12.8 Å². The van der Waals surface area contributed by atoms with Gasteiger partial charge in [-0.3, -0.25) is 4.99 Å². The van der Waals surface area contributed by atoms with Crippen LogP contribution in [0.25, 0.3) is 0 Å². The molecule has 0 radical (unpaired) electrons. The minimum Gasteiger partial charge on any atom is -0.488 e. The third-order valence-corrected chi connectivity index (χ3v) is 6.78. The zero-order chi connectivity index (χ0) is 21.5. The van der Waals surface area contributed by atoms with Crippen molar-refractivity contribution in [3.8, 4) is 5.75 Å². The topological polar surface area (TPSA) is 21.6 Å². The van der Waals surface area contributed by atoms with Gasteiger partial charge >= 0.3 is 0 Å². The number of aliphatic imine (C=N–C) groups is 1. The lowest BCUT2D eigenvalue weighted by molar-refractivity contribution is 0.309. The molecule has 0 spiro atoms. The van der Waals surface area contributed by atoms with Crippen LogP contribution in [0, 0.1) is 6.92 Å². The molecule has 0 fully saturated rings. The Bertz CT molecular complexity index is 1170. The van der Waals surface area contributed by atoms with E-state index >= 15 is 0 Å². The summed E-state index contributed by atoms with van der Waals surface area (Å²) < 4.78 is 6.22. The van der Waals surface area contributed by atoms with E-state index in [0.29, 0.717) is 15.2 Å². The fourth-order valence-corrected chi connectivity index (χ4v) is 4.94. The fraction of sp³-hybridized carbons (Fsp3) is 0.107. The van der Waals surface area contributed by atoms with Crippen molar-refractivity contribution < 1.29 is 4.74 Å². The van der Waals surface area contributed by atoms with Gasteiger partial charge in [0, 0.05) is 23.5 Å². The smallest absolute Gasteiger partial charge is 0.127 e. The van der Waals surface area contributed by atoms with E-state index in [4.69, 9.17) is 4.74 Å². The molecular formula is C28H26NOP. The molecule has 4 aromatic rings. The normalized spacial score (nSPS) is 11.7. The minimum atomic E-state index is 0.476. The molecule has 0 N–H and O–H groups in total. The molecule has 4 rings (SSSR count). The van der Waals surface area contributed by atoms with E-state index in [9.17, 15) is 0 Å². The Balaban J connectivity index is 1.66. The van der Waals surface area contributed by atoms with Crippen molar-refractivity contribution in [2.45, 2.75) is 13.5 Å². The summed E-state index contributed by atoms with van der Waals surface area (Å²) in [5.41, 5.74) is 5.78. The molecule has 3 heteroatoms. The molecule has 1 unspecified atom stereocenters. The van der Waals surface area contributed by atoms with E-state index in [1.807, 2.05) is 37.4 Å². The predicted molar refractivity (Wildman–Crippen MR) is 134 cm³/mol. The van der Waals surface area contributed by atoms with E-state index in [0.717, 1.165) is 17.0 Å². The Morgan fingerprint density at radius 3 is 2.19 bits per heavy atom. The average molecular weight is 423 g/mol. The quantitative estimate of drug-likeness (QED) is 0.277. The van der Waals surface area contributed by atoms with Crippen LogP contribution in [-0.2, 0) is 6.61 Å². The first-order valence-corrected chi connectivity index (χ1v) is 11.4. The van der Waals surface area contributed by atoms with Gasteiger partial charge in [0.05, 0.1) is 5.71 Å². The lowest BCUT2D eigenvalue weighted by Gasteiger charge is -2.17. The van der Waals surface area contributed by atoms with Crippen molar-refractivity contribution in [3.05, 3.63) is 125 Å². The maximum Gasteiger partial charge on any atom is 0.127 e. The number of hydrogen-bond acceptors (Lipinski definition) is 2. The van der Waals surface area contributed by atoms with E-state index < -0.39 is 0 Å². The summed E-state index contributed by atoms with van der Waals surface area (Å²) in [7, 11) is 2.35. The van der Waals surface area contributed by atoms with Crippen LogP contribution in [0.2, 0.25) is 0 Å². The first-order valence-electron chi connectivity index (χ1n) is 10.4. The summed E-state index contributed by atoms with van der Waals surface area (Å²) in [5, 5.41) is 2.51. The lowest BCUT2D eigenvalue weighted by atomic mass is 10.0. The Hall–Kier alpha value is -3.22. The van der Waals surface area contributed by atoms with Crippen LogP contribution in [0.15, 0.2) is 108 Å². The van der Waals surface area contributed by atoms with Crippen LogP contribution < -0.4 is 15.3 Å². The summed E-state index contributed by atoms with van der Waals surface area (Å²) in [6.45, 7) is 2.74. The number of nitrogens with zero attached hydrogens (tertiary/aromatic N) is 1. The van der Waals surface area contributed by atoms with Gasteiger partial charge in [0.1, 0.15) is 12.4 Å². The zero-order valence-corrected chi connectivity index (χ0v) is 18.9. The molecule has 0 heterocycles. The third-order valence-electron chi connectivity index (χ3n) is 5.18. The van der Waals surface area contributed by atoms with Crippen molar-refractivity contribution in [2.75, 3.05) is 7.05 Å². The molecule has 4 aromatic carbocycles. The highest BCUT2D eigenvalue weighted by molar-refractivity contribution is 7.56. The molecule has 0 aliphatic rings. The van der Waals surface area contributed by atoms with Gasteiger partial charge in [-0.15, -0.1) is 0 Å². The Morgan fingerprint density at radius 1 is 0.774 bits per heavy atom. The molecule has 0 saturated carbocycles. The first-order chi connectivity index (χ1) is 15.3. The maximum absolute atomic E-state index is 6.22. The van der Waals surface area contributed by atoms with Gasteiger partial charge in [-0.05, 0) is 29.4 Å². The molecule has 0 saturated heterocycles. The third kappa shape index (κ3) is 5.10. The van der Waals surface area contributed by atoms with Crippen LogP contribution in [0.3, 0.4) is 0 Å². The van der Waals surface area contributed by atoms with Crippen molar-refractivity contribution in [3.63, 3.8) is 0 Å². The van der Waals surface area contributed by atoms with Gasteiger partial charge < -0.3 is 4.74 Å². The van der Waals surface area contributed by atoms with E-state index in [-0.39, 0.29) is 0 Å². The van der Waals surface area contributed by atoms with Crippen LogP contribution in [0.4, 0.5) is 0 Å². The molecule has 1 atom stereocenters. The van der Waals surface area contributed by atoms with Crippen molar-refractivity contribution in [1.29, 1.82) is 0 Å². The second kappa shape index (κ2) is 10.2. The highest BCUT2D eigenvalue weighted by Gasteiger charge is 2.15. The molecule has 0 aliphatic carbocycles. The number of hydrogen-bond donors (Lipinski definition) is 0. The predicted octanol–water partition coefficient (Wildman–Crippen LogP) is 5.67. The summed E-state index contributed by atoms with van der Waals surface area (Å²) in [5.74, 6) is 0.939. The van der Waals surface area contributed by atoms with Gasteiger partial charge in [-0.1, -0.05) is 106 Å². The molecule has 0 aliphatic heterocycles. The molecule has 31 heavy (non-hydrogen) atoms. The Kier molecular flexibility index (Phi) is 6.92. The highest BCUT2D eigenvalue weighted by Crippen LogP contribution is 2.25. The Labute approximate surface area is 186 Å². The standard InChI is InChI=1S/C28H26NOP/c1-21-12-11-17-24(27(29-2)23-15-7-4-8-16-23)28(21)31-26-19-10-9-18-25(26)30-20-22-13-5-3-6-14-22/h3-19,31H,20H2,1-2H3. The first kappa shape index (κ1) is 21.0. The Morgan fingerprint density at radius 2 is 1.45 bits per heavy atom. The second-order valence-electron chi connectivity index (χ2n) is 7.33. The summed E-state index contributed by atoms with van der Waals surface area (Å²) >= 11 is 0. The summed E-state index contributed by atoms with van der Waals surface area (Å²) in [6.07, 6.45) is 0. The molecule has 0 aromatic heterocycles. The van der Waals surface area contributed by atoms with Gasteiger partial charge in [0.2, 0.25) is 0 Å². The largest absolute Gasteiger partial charge is 0.488 e. The van der Waals surface area contributed by atoms with Crippen molar-refractivity contribution in [1.82, 2.24) is 0 Å². The number of ether oxygens (including phenoxy) is 1. The van der Waals surface area contributed by atoms with E-state index in [1.165, 1.54) is 27.3 Å². The summed E-state index contributed by atoms with van der Waals surface area (Å²) in [6, 6.07) is 35.5. The van der Waals surface area contributed by atoms with E-state index in [1.54, 1.807) is 0 Å². The van der Waals surface area contributed by atoms with Crippen molar-refractivity contribution in [2.24, 2.45) is 4.99 Å². The van der Waals surface area contributed by atoms with Gasteiger partial charge in [0.15, 0.2) is 0 Å². The number of para-hydroxylation sites is 1. The van der Waals surface area contributed by atoms with Crippen molar-refractivity contribution >= 4 is 24.9 Å². The van der Waals surface area contributed by atoms with Gasteiger partial charge in [-0.2, -0.15) is 0 Å². The van der Waals surface area contributed by atoms with Crippen LogP contribution in [0.5, 0.6) is 5.75 Å². The highest BCUT2D eigenvalue weighted by atomic mass is 31.1. The number of benzene rings is 4. The van der Waals surface area contributed by atoms with E-state index in [2.05, 4.69) is 84.7 Å². The van der Waals surface area contributed by atoms with Crippen LogP contribution in [0.1, 0.15) is 22.3 Å². The molecule has 0 amide bonds. The number of rotatable bonds is 7. The number of aryl methyl sites for hydroxylation is 1. The molecule has 154 valence electrons. The van der Waals surface area contributed by atoms with Gasteiger partial charge in [0.25, 0.3) is 0 Å². The maximum atomic E-state index is 6.22. The van der Waals surface area contributed by atoms with Crippen LogP contribution >= 0.6 is 8.58 Å². The van der Waals surface area contributed by atoms with Gasteiger partial charge in [-0.25, -0.2) is 0 Å². The molecular weight excluding hydrogens is 397 g/mol. The average Bonchev–Trinajstić information content (AvgIpc) is 2.82. The molecule has 2 nitrogen and oxygen atoms in total. The second-order valence-corrected chi connectivity index (χ2v) is 8.62.